The Morgan fingerprint density at radius 2 is 2.21 bits per heavy atom. The summed E-state index contributed by atoms with van der Waals surface area (Å²) in [5.41, 5.74) is 7.45. The van der Waals surface area contributed by atoms with E-state index < -0.39 is 0 Å². The van der Waals surface area contributed by atoms with Gasteiger partial charge in [0.1, 0.15) is 0 Å². The maximum atomic E-state index is 12.1. The summed E-state index contributed by atoms with van der Waals surface area (Å²) >= 11 is 0. The van der Waals surface area contributed by atoms with Crippen molar-refractivity contribution in [2.75, 3.05) is 17.7 Å². The number of aryl methyl sites for hydroxylation is 1. The van der Waals surface area contributed by atoms with Crippen LogP contribution >= 0.6 is 0 Å². The predicted octanol–water partition coefficient (Wildman–Crippen LogP) is 1.48. The van der Waals surface area contributed by atoms with E-state index in [-0.39, 0.29) is 5.56 Å². The molecule has 0 fully saturated rings. The highest BCUT2D eigenvalue weighted by Crippen LogP contribution is 2.11. The van der Waals surface area contributed by atoms with E-state index in [9.17, 15) is 4.79 Å². The average molecular weight is 258 g/mol. The molecule has 0 radical (unpaired) electrons. The van der Waals surface area contributed by atoms with Crippen LogP contribution in [0.5, 0.6) is 0 Å². The van der Waals surface area contributed by atoms with Crippen molar-refractivity contribution in [3.05, 3.63) is 52.6 Å². The molecule has 0 aliphatic heterocycles. The molecule has 2 N–H and O–H groups in total. The van der Waals surface area contributed by atoms with Crippen molar-refractivity contribution in [2.24, 2.45) is 0 Å². The van der Waals surface area contributed by atoms with Gasteiger partial charge in [0.25, 0.3) is 5.56 Å². The fourth-order valence-corrected chi connectivity index (χ4v) is 1.99. The average Bonchev–Trinajstić information content (AvgIpc) is 2.39. The fraction of sp³-hybridized carbons (Fsp3) is 0.286. The zero-order valence-electron chi connectivity index (χ0n) is 11.2. The van der Waals surface area contributed by atoms with Crippen LogP contribution in [0.2, 0.25) is 0 Å². The molecular formula is C14H18N4O. The Morgan fingerprint density at radius 3 is 2.89 bits per heavy atom. The van der Waals surface area contributed by atoms with Gasteiger partial charge in [0.2, 0.25) is 0 Å². The van der Waals surface area contributed by atoms with E-state index in [1.807, 2.05) is 43.1 Å². The van der Waals surface area contributed by atoms with E-state index in [1.165, 1.54) is 0 Å². The summed E-state index contributed by atoms with van der Waals surface area (Å²) in [7, 11) is 1.85. The second kappa shape index (κ2) is 5.56. The number of anilines is 2. The first-order chi connectivity index (χ1) is 9.11. The molecule has 19 heavy (non-hydrogen) atoms. The molecule has 5 nitrogen and oxygen atoms in total. The minimum absolute atomic E-state index is 0.0728. The molecule has 100 valence electrons. The lowest BCUT2D eigenvalue weighted by Crippen LogP contribution is -2.30. The highest BCUT2D eigenvalue weighted by Gasteiger charge is 2.09. The van der Waals surface area contributed by atoms with Crippen LogP contribution in [0.4, 0.5) is 11.5 Å². The van der Waals surface area contributed by atoms with Gasteiger partial charge in [0.05, 0.1) is 0 Å². The van der Waals surface area contributed by atoms with Gasteiger partial charge in [-0.25, -0.2) is 4.98 Å². The Bertz CT molecular complexity index is 621. The van der Waals surface area contributed by atoms with Gasteiger partial charge in [-0.05, 0) is 24.6 Å². The van der Waals surface area contributed by atoms with E-state index in [0.717, 1.165) is 11.3 Å². The number of nitrogens with zero attached hydrogens (tertiary/aromatic N) is 3. The van der Waals surface area contributed by atoms with E-state index in [2.05, 4.69) is 4.98 Å². The van der Waals surface area contributed by atoms with Crippen LogP contribution in [-0.2, 0) is 13.1 Å². The topological polar surface area (TPSA) is 64.2 Å². The smallest absolute Gasteiger partial charge is 0.293 e. The van der Waals surface area contributed by atoms with Gasteiger partial charge >= 0.3 is 0 Å². The third kappa shape index (κ3) is 2.93. The summed E-state index contributed by atoms with van der Waals surface area (Å²) in [5.74, 6) is 0.451. The quantitative estimate of drug-likeness (QED) is 0.844. The van der Waals surface area contributed by atoms with E-state index in [0.29, 0.717) is 18.9 Å². The van der Waals surface area contributed by atoms with Crippen LogP contribution < -0.4 is 16.2 Å². The molecular weight excluding hydrogens is 240 g/mol. The van der Waals surface area contributed by atoms with Gasteiger partial charge in [-0.3, -0.25) is 4.79 Å². The van der Waals surface area contributed by atoms with E-state index in [1.54, 1.807) is 17.0 Å². The van der Waals surface area contributed by atoms with Crippen LogP contribution in [0.3, 0.4) is 0 Å². The second-order valence-corrected chi connectivity index (χ2v) is 4.44. The normalized spacial score (nSPS) is 10.4. The maximum absolute atomic E-state index is 12.1. The van der Waals surface area contributed by atoms with Crippen molar-refractivity contribution in [3.8, 4) is 0 Å². The van der Waals surface area contributed by atoms with Crippen LogP contribution in [0.1, 0.15) is 12.5 Å². The molecule has 0 saturated carbocycles. The summed E-state index contributed by atoms with van der Waals surface area (Å²) in [4.78, 5) is 18.1. The lowest BCUT2D eigenvalue weighted by molar-refractivity contribution is 0.708. The van der Waals surface area contributed by atoms with Crippen LogP contribution in [0.25, 0.3) is 0 Å². The molecule has 2 rings (SSSR count). The highest BCUT2D eigenvalue weighted by atomic mass is 16.1. The molecule has 0 spiro atoms. The molecule has 0 amide bonds. The Kier molecular flexibility index (Phi) is 3.85. The van der Waals surface area contributed by atoms with Crippen molar-refractivity contribution in [3.63, 3.8) is 0 Å². The zero-order valence-corrected chi connectivity index (χ0v) is 11.2. The predicted molar refractivity (Wildman–Crippen MR) is 77.1 cm³/mol. The van der Waals surface area contributed by atoms with Gasteiger partial charge in [-0.15, -0.1) is 0 Å². The Balaban J connectivity index is 2.25. The highest BCUT2D eigenvalue weighted by molar-refractivity contribution is 5.43. The molecule has 0 bridgehead atoms. The SMILES string of the molecule is CCn1ccnc(N(C)Cc2cccc(N)c2)c1=O. The molecule has 0 atom stereocenters. The molecule has 0 unspecified atom stereocenters. The molecule has 5 heteroatoms. The van der Waals surface area contributed by atoms with Crippen molar-refractivity contribution in [1.82, 2.24) is 9.55 Å². The zero-order chi connectivity index (χ0) is 13.8. The Morgan fingerprint density at radius 1 is 1.42 bits per heavy atom. The first-order valence-electron chi connectivity index (χ1n) is 6.23. The number of aromatic nitrogens is 2. The third-order valence-electron chi connectivity index (χ3n) is 2.97. The molecule has 1 aromatic carbocycles. The minimum Gasteiger partial charge on any atom is -0.399 e. The van der Waals surface area contributed by atoms with Gasteiger partial charge in [0, 0.05) is 38.2 Å². The van der Waals surface area contributed by atoms with Crippen LogP contribution in [0.15, 0.2) is 41.5 Å². The summed E-state index contributed by atoms with van der Waals surface area (Å²) in [6.45, 7) is 3.17. The molecule has 1 aromatic heterocycles. The molecule has 2 aromatic rings. The van der Waals surface area contributed by atoms with Crippen molar-refractivity contribution in [1.29, 1.82) is 0 Å². The molecule has 0 aliphatic rings. The molecule has 1 heterocycles. The van der Waals surface area contributed by atoms with Crippen LogP contribution in [-0.4, -0.2) is 16.6 Å². The molecule has 0 aliphatic carbocycles. The largest absolute Gasteiger partial charge is 0.399 e. The number of hydrogen-bond acceptors (Lipinski definition) is 4. The van der Waals surface area contributed by atoms with Crippen molar-refractivity contribution < 1.29 is 0 Å². The summed E-state index contributed by atoms with van der Waals surface area (Å²) < 4.78 is 1.64. The van der Waals surface area contributed by atoms with E-state index >= 15 is 0 Å². The lowest BCUT2D eigenvalue weighted by atomic mass is 10.2. The maximum Gasteiger partial charge on any atom is 0.293 e. The number of hydrogen-bond donors (Lipinski definition) is 1. The minimum atomic E-state index is -0.0728. The van der Waals surface area contributed by atoms with Crippen molar-refractivity contribution >= 4 is 11.5 Å². The van der Waals surface area contributed by atoms with Crippen LogP contribution in [0, 0.1) is 0 Å². The standard InChI is InChI=1S/C14H18N4O/c1-3-18-8-7-16-13(14(18)19)17(2)10-11-5-4-6-12(15)9-11/h4-9H,3,10,15H2,1-2H3. The van der Waals surface area contributed by atoms with Gasteiger partial charge in [-0.2, -0.15) is 0 Å². The van der Waals surface area contributed by atoms with Gasteiger partial charge in [-0.1, -0.05) is 12.1 Å². The number of benzene rings is 1. The first kappa shape index (κ1) is 13.1. The van der Waals surface area contributed by atoms with Gasteiger partial charge in [0.15, 0.2) is 5.82 Å². The van der Waals surface area contributed by atoms with Crippen molar-refractivity contribution in [2.45, 2.75) is 20.0 Å². The number of rotatable bonds is 4. The monoisotopic (exact) mass is 258 g/mol. The Hall–Kier alpha value is -2.30. The summed E-state index contributed by atoms with van der Waals surface area (Å²) in [6.07, 6.45) is 3.34. The second-order valence-electron chi connectivity index (χ2n) is 4.44. The van der Waals surface area contributed by atoms with Gasteiger partial charge < -0.3 is 15.2 Å². The third-order valence-corrected chi connectivity index (χ3v) is 2.97. The fourth-order valence-electron chi connectivity index (χ4n) is 1.99. The molecule has 0 saturated heterocycles. The lowest BCUT2D eigenvalue weighted by Gasteiger charge is -2.18. The Labute approximate surface area is 112 Å². The summed E-state index contributed by atoms with van der Waals surface area (Å²) in [6, 6.07) is 7.63. The first-order valence-corrected chi connectivity index (χ1v) is 6.23. The number of nitrogens with two attached hydrogens (primary N) is 1. The summed E-state index contributed by atoms with van der Waals surface area (Å²) in [5, 5.41) is 0. The van der Waals surface area contributed by atoms with E-state index in [4.69, 9.17) is 5.73 Å². The number of nitrogen functional groups attached to an aromatic ring is 1.